The molecule has 0 radical (unpaired) electrons. The van der Waals surface area contributed by atoms with E-state index in [2.05, 4.69) is 30.2 Å². The number of aliphatic hydroxyl groups excluding tert-OH is 1. The predicted octanol–water partition coefficient (Wildman–Crippen LogP) is 3.55. The topological polar surface area (TPSA) is 20.2 Å². The van der Waals surface area contributed by atoms with E-state index in [1.54, 1.807) is 0 Å². The van der Waals surface area contributed by atoms with Crippen LogP contribution in [0.2, 0.25) is 0 Å². The number of rotatable bonds is 5. The zero-order valence-electron chi connectivity index (χ0n) is 10.5. The Balaban J connectivity index is 2.09. The van der Waals surface area contributed by atoms with Gasteiger partial charge in [-0.2, -0.15) is 0 Å². The molecular weight excluding hydrogens is 220 g/mol. The molecule has 0 saturated heterocycles. The summed E-state index contributed by atoms with van der Waals surface area (Å²) in [4.78, 5) is 0. The van der Waals surface area contributed by atoms with E-state index in [0.29, 0.717) is 6.42 Å². The second-order valence-corrected chi connectivity index (χ2v) is 4.59. The maximum Gasteiger partial charge on any atom is 0.0581 e. The molecule has 1 heteroatoms. The lowest BCUT2D eigenvalue weighted by Gasteiger charge is -2.12. The van der Waals surface area contributed by atoms with Gasteiger partial charge in [0, 0.05) is 6.42 Å². The van der Waals surface area contributed by atoms with Gasteiger partial charge in [0.05, 0.1) is 6.10 Å². The van der Waals surface area contributed by atoms with Crippen molar-refractivity contribution in [3.05, 3.63) is 48.0 Å². The Kier molecular flexibility index (Phi) is 4.39. The van der Waals surface area contributed by atoms with E-state index in [9.17, 15) is 5.11 Å². The maximum atomic E-state index is 10.0. The van der Waals surface area contributed by atoms with Crippen molar-refractivity contribution in [3.63, 3.8) is 0 Å². The summed E-state index contributed by atoms with van der Waals surface area (Å²) >= 11 is 0. The summed E-state index contributed by atoms with van der Waals surface area (Å²) in [6, 6.07) is 14.5. The van der Waals surface area contributed by atoms with Gasteiger partial charge in [-0.15, -0.1) is 12.3 Å². The average Bonchev–Trinajstić information content (AvgIpc) is 2.39. The lowest BCUT2D eigenvalue weighted by Crippen LogP contribution is -2.10. The van der Waals surface area contributed by atoms with Gasteiger partial charge in [0.1, 0.15) is 0 Å². The standard InChI is InChI=1S/C17H18O/c1-2-3-4-11-16(18)13-15-10-7-9-14-8-5-6-12-17(14)15/h1,5-10,12,16,18H,3-4,11,13H2. The molecule has 18 heavy (non-hydrogen) atoms. The Labute approximate surface area is 108 Å². The van der Waals surface area contributed by atoms with Gasteiger partial charge in [-0.3, -0.25) is 0 Å². The highest BCUT2D eigenvalue weighted by atomic mass is 16.3. The van der Waals surface area contributed by atoms with Crippen molar-refractivity contribution < 1.29 is 5.11 Å². The van der Waals surface area contributed by atoms with Gasteiger partial charge >= 0.3 is 0 Å². The van der Waals surface area contributed by atoms with E-state index in [0.717, 1.165) is 19.3 Å². The van der Waals surface area contributed by atoms with Gasteiger partial charge in [-0.1, -0.05) is 42.5 Å². The van der Waals surface area contributed by atoms with E-state index < -0.39 is 0 Å². The molecule has 0 aliphatic carbocycles. The second kappa shape index (κ2) is 6.23. The fourth-order valence-corrected chi connectivity index (χ4v) is 2.27. The lowest BCUT2D eigenvalue weighted by molar-refractivity contribution is 0.163. The number of hydrogen-bond donors (Lipinski definition) is 1. The third-order valence-corrected chi connectivity index (χ3v) is 3.19. The van der Waals surface area contributed by atoms with Gasteiger partial charge in [0.25, 0.3) is 0 Å². The van der Waals surface area contributed by atoms with Crippen LogP contribution in [0.15, 0.2) is 42.5 Å². The Morgan fingerprint density at radius 3 is 2.72 bits per heavy atom. The van der Waals surface area contributed by atoms with E-state index in [1.165, 1.54) is 16.3 Å². The zero-order valence-corrected chi connectivity index (χ0v) is 10.5. The highest BCUT2D eigenvalue weighted by Gasteiger charge is 2.07. The van der Waals surface area contributed by atoms with E-state index in [4.69, 9.17) is 6.42 Å². The van der Waals surface area contributed by atoms with Gasteiger partial charge in [-0.05, 0) is 35.6 Å². The molecule has 92 valence electrons. The first-order valence-electron chi connectivity index (χ1n) is 6.39. The normalized spacial score (nSPS) is 12.2. The van der Waals surface area contributed by atoms with Gasteiger partial charge in [-0.25, -0.2) is 0 Å². The molecule has 0 spiro atoms. The van der Waals surface area contributed by atoms with Crippen molar-refractivity contribution in [2.24, 2.45) is 0 Å². The van der Waals surface area contributed by atoms with Crippen molar-refractivity contribution in [1.82, 2.24) is 0 Å². The van der Waals surface area contributed by atoms with Crippen LogP contribution < -0.4 is 0 Å². The molecule has 2 aromatic carbocycles. The number of unbranched alkanes of at least 4 members (excludes halogenated alkanes) is 1. The minimum Gasteiger partial charge on any atom is -0.393 e. The van der Waals surface area contributed by atoms with Crippen LogP contribution in [0.1, 0.15) is 24.8 Å². The summed E-state index contributed by atoms with van der Waals surface area (Å²) in [7, 11) is 0. The predicted molar refractivity (Wildman–Crippen MR) is 76.3 cm³/mol. The molecule has 0 fully saturated rings. The van der Waals surface area contributed by atoms with Crippen LogP contribution in [0.5, 0.6) is 0 Å². The van der Waals surface area contributed by atoms with Crippen molar-refractivity contribution in [2.75, 3.05) is 0 Å². The monoisotopic (exact) mass is 238 g/mol. The van der Waals surface area contributed by atoms with Gasteiger partial charge < -0.3 is 5.11 Å². The van der Waals surface area contributed by atoms with Gasteiger partial charge in [0.2, 0.25) is 0 Å². The average molecular weight is 238 g/mol. The summed E-state index contributed by atoms with van der Waals surface area (Å²) in [5.74, 6) is 2.61. The number of aliphatic hydroxyl groups is 1. The number of terminal acetylenes is 1. The minimum absolute atomic E-state index is 0.302. The van der Waals surface area contributed by atoms with Crippen molar-refractivity contribution in [3.8, 4) is 12.3 Å². The van der Waals surface area contributed by atoms with Crippen LogP contribution in [0.3, 0.4) is 0 Å². The first-order chi connectivity index (χ1) is 8.81. The first-order valence-corrected chi connectivity index (χ1v) is 6.39. The molecule has 0 bridgehead atoms. The third-order valence-electron chi connectivity index (χ3n) is 3.19. The Bertz CT molecular complexity index is 546. The zero-order chi connectivity index (χ0) is 12.8. The molecule has 2 rings (SSSR count). The molecule has 1 N–H and O–H groups in total. The van der Waals surface area contributed by atoms with Gasteiger partial charge in [0.15, 0.2) is 0 Å². The van der Waals surface area contributed by atoms with E-state index in [-0.39, 0.29) is 6.10 Å². The smallest absolute Gasteiger partial charge is 0.0581 e. The van der Waals surface area contributed by atoms with Crippen molar-refractivity contribution in [1.29, 1.82) is 0 Å². The fraction of sp³-hybridized carbons (Fsp3) is 0.294. The van der Waals surface area contributed by atoms with Crippen LogP contribution in [0.4, 0.5) is 0 Å². The Hall–Kier alpha value is -1.78. The summed E-state index contributed by atoms with van der Waals surface area (Å²) in [6.45, 7) is 0. The molecular formula is C17H18O. The van der Waals surface area contributed by atoms with Crippen LogP contribution in [0.25, 0.3) is 10.8 Å². The molecule has 1 atom stereocenters. The third kappa shape index (κ3) is 3.12. The molecule has 2 aromatic rings. The first kappa shape index (κ1) is 12.7. The minimum atomic E-state index is -0.302. The highest BCUT2D eigenvalue weighted by molar-refractivity contribution is 5.85. The summed E-state index contributed by atoms with van der Waals surface area (Å²) in [5.41, 5.74) is 1.21. The molecule has 0 aliphatic rings. The lowest BCUT2D eigenvalue weighted by atomic mass is 9.98. The molecule has 0 aromatic heterocycles. The molecule has 0 amide bonds. The summed E-state index contributed by atoms with van der Waals surface area (Å²) in [5, 5.41) is 12.5. The number of fused-ring (bicyclic) bond motifs is 1. The molecule has 0 aliphatic heterocycles. The van der Waals surface area contributed by atoms with E-state index in [1.807, 2.05) is 18.2 Å². The van der Waals surface area contributed by atoms with Crippen LogP contribution in [0, 0.1) is 12.3 Å². The fourth-order valence-electron chi connectivity index (χ4n) is 2.27. The van der Waals surface area contributed by atoms with Crippen molar-refractivity contribution in [2.45, 2.75) is 31.8 Å². The molecule has 1 unspecified atom stereocenters. The summed E-state index contributed by atoms with van der Waals surface area (Å²) < 4.78 is 0. The molecule has 0 heterocycles. The highest BCUT2D eigenvalue weighted by Crippen LogP contribution is 2.20. The summed E-state index contributed by atoms with van der Waals surface area (Å²) in [6.07, 6.45) is 8.01. The van der Waals surface area contributed by atoms with E-state index >= 15 is 0 Å². The molecule has 0 saturated carbocycles. The Morgan fingerprint density at radius 2 is 1.89 bits per heavy atom. The number of hydrogen-bond acceptors (Lipinski definition) is 1. The maximum absolute atomic E-state index is 10.0. The molecule has 1 nitrogen and oxygen atoms in total. The van der Waals surface area contributed by atoms with Crippen LogP contribution in [-0.2, 0) is 6.42 Å². The Morgan fingerprint density at radius 1 is 1.11 bits per heavy atom. The second-order valence-electron chi connectivity index (χ2n) is 4.59. The SMILES string of the molecule is C#CCCCC(O)Cc1cccc2ccccc12. The number of benzene rings is 2. The quantitative estimate of drug-likeness (QED) is 0.624. The van der Waals surface area contributed by atoms with Crippen LogP contribution >= 0.6 is 0 Å². The van der Waals surface area contributed by atoms with Crippen LogP contribution in [-0.4, -0.2) is 11.2 Å². The van der Waals surface area contributed by atoms with Crippen molar-refractivity contribution >= 4 is 10.8 Å². The largest absolute Gasteiger partial charge is 0.393 e.